The number of anilines is 1. The van der Waals surface area contributed by atoms with E-state index in [0.29, 0.717) is 0 Å². The third kappa shape index (κ3) is 6.80. The molecule has 0 spiro atoms. The summed E-state index contributed by atoms with van der Waals surface area (Å²) in [4.78, 5) is 32.1. The van der Waals surface area contributed by atoms with Crippen LogP contribution in [0.25, 0.3) is 0 Å². The number of alkyl halides is 6. The average molecular weight is 464 g/mol. The Labute approximate surface area is 189 Å². The summed E-state index contributed by atoms with van der Waals surface area (Å²) in [5.74, 6) is -1.93. The molecule has 2 N–H and O–H groups in total. The van der Waals surface area contributed by atoms with Gasteiger partial charge in [0.25, 0.3) is 10.8 Å². The summed E-state index contributed by atoms with van der Waals surface area (Å²) in [6.07, 6.45) is -10.1. The Hall–Kier alpha value is -2.91. The van der Waals surface area contributed by atoms with Crippen molar-refractivity contribution < 1.29 is 50.9 Å². The van der Waals surface area contributed by atoms with Crippen LogP contribution in [-0.4, -0.2) is 56.9 Å². The first-order chi connectivity index (χ1) is 13.7. The summed E-state index contributed by atoms with van der Waals surface area (Å²) in [5.41, 5.74) is -5.75. The molecule has 0 fully saturated rings. The standard InChI is InChI=1S/C15H7F6N3O6.Na.H/c16-14(17,18)8-5-10(23(26)27)12(11(6-8)24(28)29)22-13(25)7-1-3-9(4-2-7)30-15(19,20)21;;/h1-6H,(H-,22,25,26,27);;/p+1. The second-order valence-electron chi connectivity index (χ2n) is 5.44. The maximum absolute atomic E-state index is 12.9. The first-order valence-corrected chi connectivity index (χ1v) is 7.42. The molecule has 0 bridgehead atoms. The number of hydrogen-bond acceptors (Lipinski definition) is 5. The SMILES string of the molecule is O=C(Nc1c([N+](=O)[O-])cc(C(F)(F)F)cc1[N+](=O)O)c1ccc(OC(F)(F)F)cc1.[NaH]. The second-order valence-corrected chi connectivity index (χ2v) is 5.44. The minimum absolute atomic E-state index is 0. The van der Waals surface area contributed by atoms with Crippen molar-refractivity contribution in [3.05, 3.63) is 62.5 Å². The van der Waals surface area contributed by atoms with Gasteiger partial charge in [-0.15, -0.1) is 13.2 Å². The molecule has 0 aromatic heterocycles. The van der Waals surface area contributed by atoms with Crippen molar-refractivity contribution in [1.82, 2.24) is 0 Å². The van der Waals surface area contributed by atoms with Crippen molar-refractivity contribution >= 4 is 52.5 Å². The van der Waals surface area contributed by atoms with E-state index in [1.54, 1.807) is 5.32 Å². The van der Waals surface area contributed by atoms with E-state index in [1.807, 2.05) is 0 Å². The fourth-order valence-electron chi connectivity index (χ4n) is 2.19. The van der Waals surface area contributed by atoms with E-state index < -0.39 is 56.7 Å². The van der Waals surface area contributed by atoms with Crippen LogP contribution in [0, 0.1) is 15.0 Å². The summed E-state index contributed by atoms with van der Waals surface area (Å²) < 4.78 is 78.7. The average Bonchev–Trinajstić information content (AvgIpc) is 2.59. The van der Waals surface area contributed by atoms with Gasteiger partial charge in [-0.3, -0.25) is 14.9 Å². The predicted octanol–water partition coefficient (Wildman–Crippen LogP) is 3.92. The zero-order valence-electron chi connectivity index (χ0n) is 14.1. The third-order valence-corrected chi connectivity index (χ3v) is 3.42. The van der Waals surface area contributed by atoms with Gasteiger partial charge in [0.15, 0.2) is 0 Å². The molecule has 16 heteroatoms. The van der Waals surface area contributed by atoms with Gasteiger partial charge in [0.05, 0.1) is 15.4 Å². The van der Waals surface area contributed by atoms with Crippen LogP contribution >= 0.6 is 0 Å². The van der Waals surface area contributed by atoms with E-state index in [-0.39, 0.29) is 47.3 Å². The zero-order chi connectivity index (χ0) is 22.9. The molecule has 9 nitrogen and oxygen atoms in total. The molecule has 0 aliphatic rings. The zero-order valence-corrected chi connectivity index (χ0v) is 14.1. The monoisotopic (exact) mass is 464 g/mol. The van der Waals surface area contributed by atoms with Crippen LogP contribution < -0.4 is 10.1 Å². The van der Waals surface area contributed by atoms with Gasteiger partial charge in [-0.1, -0.05) is 0 Å². The van der Waals surface area contributed by atoms with Gasteiger partial charge in [-0.25, -0.2) is 5.21 Å². The molecule has 162 valence electrons. The van der Waals surface area contributed by atoms with Crippen LogP contribution in [-0.2, 0) is 6.18 Å². The number of ether oxygens (including phenoxy) is 1. The van der Waals surface area contributed by atoms with E-state index >= 15 is 0 Å². The van der Waals surface area contributed by atoms with Crippen molar-refractivity contribution in [2.45, 2.75) is 12.5 Å². The molecule has 1 amide bonds. The van der Waals surface area contributed by atoms with Gasteiger partial charge in [0, 0.05) is 17.7 Å². The number of rotatable bonds is 5. The van der Waals surface area contributed by atoms with Crippen molar-refractivity contribution in [2.24, 2.45) is 0 Å². The topological polar surface area (TPSA) is 122 Å². The molecule has 2 rings (SSSR count). The van der Waals surface area contributed by atoms with E-state index in [4.69, 9.17) is 5.21 Å². The van der Waals surface area contributed by atoms with Crippen LogP contribution in [0.4, 0.5) is 43.4 Å². The Balaban J connectivity index is 0.00000480. The number of nitrogens with zero attached hydrogens (tertiary/aromatic N) is 2. The van der Waals surface area contributed by atoms with Crippen molar-refractivity contribution in [3.63, 3.8) is 0 Å². The Morgan fingerprint density at radius 1 is 1.00 bits per heavy atom. The Morgan fingerprint density at radius 3 is 1.94 bits per heavy atom. The van der Waals surface area contributed by atoms with Crippen LogP contribution in [0.5, 0.6) is 5.75 Å². The Kier molecular flexibility index (Phi) is 7.99. The molecule has 0 unspecified atom stereocenters. The summed E-state index contributed by atoms with van der Waals surface area (Å²) in [5, 5.41) is 22.0. The number of nitro benzene ring substituents is 1. The van der Waals surface area contributed by atoms with E-state index in [1.165, 1.54) is 0 Å². The molecule has 0 aliphatic carbocycles. The van der Waals surface area contributed by atoms with Crippen molar-refractivity contribution in [1.29, 1.82) is 0 Å². The summed E-state index contributed by atoms with van der Waals surface area (Å²) in [6, 6.07) is 3.20. The van der Waals surface area contributed by atoms with Crippen LogP contribution in [0.2, 0.25) is 0 Å². The first-order valence-electron chi connectivity index (χ1n) is 7.42. The molecule has 31 heavy (non-hydrogen) atoms. The fourth-order valence-corrected chi connectivity index (χ4v) is 2.19. The molecule has 2 aromatic carbocycles. The van der Waals surface area contributed by atoms with Crippen LogP contribution in [0.15, 0.2) is 36.4 Å². The summed E-state index contributed by atoms with van der Waals surface area (Å²) in [6.45, 7) is 0. The summed E-state index contributed by atoms with van der Waals surface area (Å²) >= 11 is 0. The normalized spacial score (nSPS) is 11.3. The number of carbonyl (C=O) groups excluding carboxylic acids is 1. The number of hydrogen-bond donors (Lipinski definition) is 2. The molecule has 0 saturated heterocycles. The molecule has 0 radical (unpaired) electrons. The second kappa shape index (κ2) is 9.49. The van der Waals surface area contributed by atoms with Gasteiger partial charge in [-0.2, -0.15) is 13.2 Å². The molecule has 0 heterocycles. The number of amides is 1. The van der Waals surface area contributed by atoms with Crippen LogP contribution in [0.3, 0.4) is 0 Å². The quantitative estimate of drug-likeness (QED) is 0.300. The van der Waals surface area contributed by atoms with Gasteiger partial charge >= 0.3 is 53.5 Å². The number of halogens is 6. The number of nitrogens with one attached hydrogen (secondary N) is 1. The molecule has 0 saturated carbocycles. The molecule has 0 aliphatic heterocycles. The molecular weight excluding hydrogens is 455 g/mol. The minimum atomic E-state index is -5.12. The Bertz CT molecular complexity index is 975. The van der Waals surface area contributed by atoms with E-state index in [9.17, 15) is 46.2 Å². The first kappa shape index (κ1) is 26.1. The fraction of sp³-hybridized carbons (Fsp3) is 0.133. The number of nitro groups is 1. The summed E-state index contributed by atoms with van der Waals surface area (Å²) in [7, 11) is 0. The molecular formula is C15H9F6N3NaO6+. The van der Waals surface area contributed by atoms with Crippen LogP contribution in [0.1, 0.15) is 15.9 Å². The number of benzene rings is 2. The third-order valence-electron chi connectivity index (χ3n) is 3.42. The Morgan fingerprint density at radius 2 is 1.52 bits per heavy atom. The molecule has 0 atom stereocenters. The van der Waals surface area contributed by atoms with Crippen molar-refractivity contribution in [2.75, 3.05) is 5.32 Å². The van der Waals surface area contributed by atoms with Crippen molar-refractivity contribution in [3.8, 4) is 5.75 Å². The van der Waals surface area contributed by atoms with E-state index in [2.05, 4.69) is 4.74 Å². The van der Waals surface area contributed by atoms with Gasteiger partial charge in [0.1, 0.15) is 5.75 Å². The molecule has 2 aromatic rings. The van der Waals surface area contributed by atoms with Gasteiger partial charge < -0.3 is 10.1 Å². The van der Waals surface area contributed by atoms with E-state index in [0.717, 1.165) is 24.3 Å². The van der Waals surface area contributed by atoms with Gasteiger partial charge in [-0.05, 0) is 24.3 Å². The van der Waals surface area contributed by atoms with Gasteiger partial charge in [0.2, 0.25) is 5.69 Å². The number of carbonyl (C=O) groups is 1. The maximum atomic E-state index is 12.9. The predicted molar refractivity (Wildman–Crippen MR) is 91.4 cm³/mol.